The highest BCUT2D eigenvalue weighted by Gasteiger charge is 2.06. The lowest BCUT2D eigenvalue weighted by Crippen LogP contribution is -2.10. The van der Waals surface area contributed by atoms with Crippen molar-refractivity contribution >= 4 is 22.5 Å². The number of nitrogens with zero attached hydrogens (tertiary/aromatic N) is 3. The molecular weight excluding hydrogens is 252 g/mol. The zero-order chi connectivity index (χ0) is 12.5. The van der Waals surface area contributed by atoms with Gasteiger partial charge in [-0.25, -0.2) is 15.0 Å². The first-order valence-corrected chi connectivity index (χ1v) is 5.58. The highest BCUT2D eigenvalue weighted by molar-refractivity contribution is 6.31. The van der Waals surface area contributed by atoms with Crippen LogP contribution in [0.5, 0.6) is 0 Å². The summed E-state index contributed by atoms with van der Waals surface area (Å²) in [5.74, 6) is 0.414. The van der Waals surface area contributed by atoms with Gasteiger partial charge in [-0.2, -0.15) is 0 Å². The molecule has 6 heteroatoms. The maximum absolute atomic E-state index is 11.9. The monoisotopic (exact) mass is 258 g/mol. The van der Waals surface area contributed by atoms with E-state index in [1.54, 1.807) is 30.5 Å². The number of H-pyrrole nitrogens is 1. The van der Waals surface area contributed by atoms with Gasteiger partial charge in [-0.1, -0.05) is 11.6 Å². The van der Waals surface area contributed by atoms with Gasteiger partial charge in [0, 0.05) is 11.2 Å². The van der Waals surface area contributed by atoms with Crippen LogP contribution in [-0.2, 0) is 0 Å². The normalized spacial score (nSPS) is 10.7. The van der Waals surface area contributed by atoms with Crippen LogP contribution in [0.1, 0.15) is 0 Å². The average Bonchev–Trinajstić information content (AvgIpc) is 2.40. The summed E-state index contributed by atoms with van der Waals surface area (Å²) in [6, 6.07) is 6.67. The van der Waals surface area contributed by atoms with E-state index >= 15 is 0 Å². The molecule has 0 saturated heterocycles. The molecule has 0 fully saturated rings. The van der Waals surface area contributed by atoms with Crippen LogP contribution in [0, 0.1) is 0 Å². The Morgan fingerprint density at radius 3 is 2.89 bits per heavy atom. The van der Waals surface area contributed by atoms with Crippen LogP contribution >= 0.6 is 11.6 Å². The summed E-state index contributed by atoms with van der Waals surface area (Å²) in [4.78, 5) is 26.8. The van der Waals surface area contributed by atoms with Crippen LogP contribution in [0.3, 0.4) is 0 Å². The number of halogens is 1. The second-order valence-corrected chi connectivity index (χ2v) is 4.11. The van der Waals surface area contributed by atoms with Crippen molar-refractivity contribution < 1.29 is 0 Å². The van der Waals surface area contributed by atoms with Crippen LogP contribution in [0.25, 0.3) is 22.4 Å². The van der Waals surface area contributed by atoms with Crippen molar-refractivity contribution in [3.8, 4) is 11.5 Å². The third kappa shape index (κ3) is 1.84. The SMILES string of the molecule is O=c1[nH]c(-c2ccncn2)nc2ccc(Cl)cc12. The van der Waals surface area contributed by atoms with Crippen LogP contribution in [0.2, 0.25) is 5.02 Å². The van der Waals surface area contributed by atoms with Crippen molar-refractivity contribution in [2.24, 2.45) is 0 Å². The molecule has 0 aliphatic carbocycles. The molecule has 0 unspecified atom stereocenters. The van der Waals surface area contributed by atoms with Crippen LogP contribution in [0.15, 0.2) is 41.6 Å². The lowest BCUT2D eigenvalue weighted by molar-refractivity contribution is 1.11. The molecule has 0 radical (unpaired) electrons. The topological polar surface area (TPSA) is 71.5 Å². The van der Waals surface area contributed by atoms with Crippen molar-refractivity contribution in [1.29, 1.82) is 0 Å². The standard InChI is InChI=1S/C12H7ClN4O/c13-7-1-2-9-8(5-7)12(18)17-11(16-9)10-3-4-14-6-15-10/h1-6H,(H,16,17,18). The fourth-order valence-electron chi connectivity index (χ4n) is 1.66. The van der Waals surface area contributed by atoms with Gasteiger partial charge in [0.05, 0.1) is 10.9 Å². The number of benzene rings is 1. The molecule has 88 valence electrons. The van der Waals surface area contributed by atoms with Gasteiger partial charge in [0.25, 0.3) is 5.56 Å². The Morgan fingerprint density at radius 2 is 2.11 bits per heavy atom. The van der Waals surface area contributed by atoms with Gasteiger partial charge < -0.3 is 4.98 Å². The molecule has 0 saturated carbocycles. The zero-order valence-corrected chi connectivity index (χ0v) is 9.85. The first kappa shape index (κ1) is 10.9. The highest BCUT2D eigenvalue weighted by Crippen LogP contribution is 2.17. The summed E-state index contributed by atoms with van der Waals surface area (Å²) in [6.07, 6.45) is 3.00. The predicted octanol–water partition coefficient (Wildman–Crippen LogP) is 2.03. The lowest BCUT2D eigenvalue weighted by atomic mass is 10.2. The van der Waals surface area contributed by atoms with Gasteiger partial charge in [-0.05, 0) is 24.3 Å². The van der Waals surface area contributed by atoms with Gasteiger partial charge >= 0.3 is 0 Å². The molecule has 1 aromatic carbocycles. The number of hydrogen-bond acceptors (Lipinski definition) is 4. The summed E-state index contributed by atoms with van der Waals surface area (Å²) >= 11 is 5.85. The van der Waals surface area contributed by atoms with E-state index in [1.165, 1.54) is 6.33 Å². The maximum Gasteiger partial charge on any atom is 0.259 e. The summed E-state index contributed by atoms with van der Waals surface area (Å²) < 4.78 is 0. The molecule has 2 aromatic heterocycles. The quantitative estimate of drug-likeness (QED) is 0.725. The number of aromatic nitrogens is 4. The fraction of sp³-hybridized carbons (Fsp3) is 0. The Balaban J connectivity index is 2.29. The largest absolute Gasteiger partial charge is 0.305 e. The van der Waals surface area contributed by atoms with Crippen molar-refractivity contribution in [3.63, 3.8) is 0 Å². The number of rotatable bonds is 1. The van der Waals surface area contributed by atoms with Crippen LogP contribution < -0.4 is 5.56 Å². The Morgan fingerprint density at radius 1 is 1.22 bits per heavy atom. The van der Waals surface area contributed by atoms with E-state index in [0.29, 0.717) is 27.4 Å². The van der Waals surface area contributed by atoms with Crippen LogP contribution in [-0.4, -0.2) is 19.9 Å². The number of hydrogen-bond donors (Lipinski definition) is 1. The van der Waals surface area contributed by atoms with Crippen molar-refractivity contribution in [3.05, 3.63) is 52.2 Å². The Bertz CT molecular complexity index is 770. The van der Waals surface area contributed by atoms with Gasteiger partial charge in [-0.15, -0.1) is 0 Å². The molecule has 0 aliphatic rings. The van der Waals surface area contributed by atoms with Crippen molar-refractivity contribution in [2.45, 2.75) is 0 Å². The molecule has 0 aliphatic heterocycles. The Labute approximate surface area is 107 Å². The van der Waals surface area contributed by atoms with E-state index in [9.17, 15) is 4.79 Å². The molecule has 18 heavy (non-hydrogen) atoms. The minimum atomic E-state index is -0.240. The number of aromatic amines is 1. The molecule has 1 N–H and O–H groups in total. The first-order valence-electron chi connectivity index (χ1n) is 5.20. The van der Waals surface area contributed by atoms with E-state index in [4.69, 9.17) is 11.6 Å². The van der Waals surface area contributed by atoms with Crippen LogP contribution in [0.4, 0.5) is 0 Å². The summed E-state index contributed by atoms with van der Waals surface area (Å²) in [7, 11) is 0. The minimum Gasteiger partial charge on any atom is -0.305 e. The van der Waals surface area contributed by atoms with Gasteiger partial charge in [0.15, 0.2) is 5.82 Å². The molecular formula is C12H7ClN4O. The molecule has 0 amide bonds. The predicted molar refractivity (Wildman–Crippen MR) is 68.4 cm³/mol. The molecule has 0 atom stereocenters. The van der Waals surface area contributed by atoms with E-state index in [-0.39, 0.29) is 5.56 Å². The molecule has 3 aromatic rings. The average molecular weight is 259 g/mol. The first-order chi connectivity index (χ1) is 8.74. The summed E-state index contributed by atoms with van der Waals surface area (Å²) in [6.45, 7) is 0. The second kappa shape index (κ2) is 4.19. The Hall–Kier alpha value is -2.27. The van der Waals surface area contributed by atoms with E-state index < -0.39 is 0 Å². The van der Waals surface area contributed by atoms with Gasteiger partial charge in [0.1, 0.15) is 12.0 Å². The third-order valence-electron chi connectivity index (χ3n) is 2.49. The highest BCUT2D eigenvalue weighted by atomic mass is 35.5. The molecule has 0 bridgehead atoms. The lowest BCUT2D eigenvalue weighted by Gasteiger charge is -2.02. The molecule has 0 spiro atoms. The van der Waals surface area contributed by atoms with Gasteiger partial charge in [-0.3, -0.25) is 4.79 Å². The molecule has 2 heterocycles. The van der Waals surface area contributed by atoms with E-state index in [1.807, 2.05) is 0 Å². The Kier molecular flexibility index (Phi) is 2.53. The molecule has 5 nitrogen and oxygen atoms in total. The second-order valence-electron chi connectivity index (χ2n) is 3.67. The number of fused-ring (bicyclic) bond motifs is 1. The van der Waals surface area contributed by atoms with Crippen molar-refractivity contribution in [2.75, 3.05) is 0 Å². The summed E-state index contributed by atoms with van der Waals surface area (Å²) in [5.41, 5.74) is 0.909. The van der Waals surface area contributed by atoms with Gasteiger partial charge in [0.2, 0.25) is 0 Å². The van der Waals surface area contributed by atoms with E-state index in [0.717, 1.165) is 0 Å². The zero-order valence-electron chi connectivity index (χ0n) is 9.09. The third-order valence-corrected chi connectivity index (χ3v) is 2.73. The minimum absolute atomic E-state index is 0.240. The summed E-state index contributed by atoms with van der Waals surface area (Å²) in [5, 5.41) is 0.963. The van der Waals surface area contributed by atoms with E-state index in [2.05, 4.69) is 19.9 Å². The number of nitrogens with one attached hydrogen (secondary N) is 1. The molecule has 3 rings (SSSR count). The van der Waals surface area contributed by atoms with Crippen molar-refractivity contribution in [1.82, 2.24) is 19.9 Å². The fourth-order valence-corrected chi connectivity index (χ4v) is 1.84. The maximum atomic E-state index is 11.9. The smallest absolute Gasteiger partial charge is 0.259 e.